The molecule has 0 aliphatic carbocycles. The number of hydrogen-bond donors (Lipinski definition) is 1. The molecule has 0 unspecified atom stereocenters. The van der Waals surface area contributed by atoms with Crippen LogP contribution in [0.15, 0.2) is 54.7 Å². The van der Waals surface area contributed by atoms with Crippen LogP contribution in [0.1, 0.15) is 23.5 Å². The van der Waals surface area contributed by atoms with E-state index in [2.05, 4.69) is 10.4 Å². The molecule has 0 saturated heterocycles. The summed E-state index contributed by atoms with van der Waals surface area (Å²) in [6.07, 6.45) is 2.14. The number of ether oxygens (including phenoxy) is 2. The molecule has 2 aromatic carbocycles. The van der Waals surface area contributed by atoms with Gasteiger partial charge in [-0.05, 0) is 30.3 Å². The van der Waals surface area contributed by atoms with Crippen molar-refractivity contribution in [2.75, 3.05) is 19.5 Å². The monoisotopic (exact) mass is 349 g/mol. The normalized spacial score (nSPS) is 15.9. The molecule has 2 heterocycles. The van der Waals surface area contributed by atoms with Crippen LogP contribution in [-0.4, -0.2) is 29.9 Å². The summed E-state index contributed by atoms with van der Waals surface area (Å²) < 4.78 is 12.6. The first kappa shape index (κ1) is 16.2. The van der Waals surface area contributed by atoms with Crippen LogP contribution in [0.5, 0.6) is 11.5 Å². The molecule has 3 aromatic rings. The zero-order valence-corrected chi connectivity index (χ0v) is 14.6. The van der Waals surface area contributed by atoms with Crippen LogP contribution >= 0.6 is 0 Å². The molecule has 0 bridgehead atoms. The van der Waals surface area contributed by atoms with E-state index < -0.39 is 0 Å². The van der Waals surface area contributed by atoms with Gasteiger partial charge in [-0.25, -0.2) is 4.68 Å². The lowest BCUT2D eigenvalue weighted by Gasteiger charge is -2.25. The first-order valence-corrected chi connectivity index (χ1v) is 8.36. The summed E-state index contributed by atoms with van der Waals surface area (Å²) >= 11 is 0. The van der Waals surface area contributed by atoms with Crippen molar-refractivity contribution >= 4 is 11.7 Å². The first-order chi connectivity index (χ1) is 12.7. The molecule has 1 aliphatic rings. The molecule has 6 nitrogen and oxygen atoms in total. The van der Waals surface area contributed by atoms with Gasteiger partial charge >= 0.3 is 0 Å². The molecule has 0 fully saturated rings. The van der Waals surface area contributed by atoms with Gasteiger partial charge in [-0.2, -0.15) is 5.10 Å². The summed E-state index contributed by atoms with van der Waals surface area (Å²) in [5.41, 5.74) is 2.77. The largest absolute Gasteiger partial charge is 0.497 e. The van der Waals surface area contributed by atoms with Crippen LogP contribution in [0.4, 0.5) is 5.82 Å². The van der Waals surface area contributed by atoms with Crippen molar-refractivity contribution in [3.8, 4) is 17.2 Å². The molecule has 0 saturated carbocycles. The highest BCUT2D eigenvalue weighted by Crippen LogP contribution is 2.42. The van der Waals surface area contributed by atoms with Gasteiger partial charge in [-0.15, -0.1) is 0 Å². The van der Waals surface area contributed by atoms with E-state index in [-0.39, 0.29) is 11.8 Å². The minimum atomic E-state index is -0.152. The zero-order chi connectivity index (χ0) is 18.1. The van der Waals surface area contributed by atoms with Crippen LogP contribution in [-0.2, 0) is 4.79 Å². The van der Waals surface area contributed by atoms with Crippen LogP contribution < -0.4 is 14.8 Å². The molecule has 26 heavy (non-hydrogen) atoms. The van der Waals surface area contributed by atoms with Crippen LogP contribution in [0, 0.1) is 0 Å². The first-order valence-electron chi connectivity index (χ1n) is 8.36. The van der Waals surface area contributed by atoms with E-state index in [9.17, 15) is 4.79 Å². The number of nitrogens with zero attached hydrogens (tertiary/aromatic N) is 2. The summed E-state index contributed by atoms with van der Waals surface area (Å²) in [6, 6.07) is 15.4. The van der Waals surface area contributed by atoms with Gasteiger partial charge in [-0.1, -0.05) is 18.2 Å². The third-order valence-corrected chi connectivity index (χ3v) is 4.63. The number of aromatic nitrogens is 2. The predicted molar refractivity (Wildman–Crippen MR) is 98.2 cm³/mol. The predicted octanol–water partition coefficient (Wildman–Crippen LogP) is 3.36. The van der Waals surface area contributed by atoms with Gasteiger partial charge in [0.1, 0.15) is 17.3 Å². The van der Waals surface area contributed by atoms with Gasteiger partial charge < -0.3 is 14.8 Å². The number of carbonyl (C=O) groups is 1. The third-order valence-electron chi connectivity index (χ3n) is 4.63. The average Bonchev–Trinajstić information content (AvgIpc) is 3.11. The van der Waals surface area contributed by atoms with E-state index >= 15 is 0 Å². The highest BCUT2D eigenvalue weighted by Gasteiger charge is 2.32. The zero-order valence-electron chi connectivity index (χ0n) is 14.6. The summed E-state index contributed by atoms with van der Waals surface area (Å²) in [5.74, 6) is 1.95. The van der Waals surface area contributed by atoms with Crippen molar-refractivity contribution in [2.24, 2.45) is 0 Å². The fraction of sp³-hybridized carbons (Fsp3) is 0.200. The second-order valence-corrected chi connectivity index (χ2v) is 6.11. The molecule has 1 aliphatic heterocycles. The van der Waals surface area contributed by atoms with Crippen LogP contribution in [0.25, 0.3) is 5.69 Å². The Morgan fingerprint density at radius 2 is 1.88 bits per heavy atom. The molecular weight excluding hydrogens is 330 g/mol. The Morgan fingerprint density at radius 1 is 1.08 bits per heavy atom. The lowest BCUT2D eigenvalue weighted by molar-refractivity contribution is -0.116. The number of anilines is 1. The fourth-order valence-electron chi connectivity index (χ4n) is 3.37. The molecule has 1 amide bonds. The summed E-state index contributed by atoms with van der Waals surface area (Å²) in [6.45, 7) is 0. The number of nitrogens with one attached hydrogen (secondary N) is 1. The quantitative estimate of drug-likeness (QED) is 0.784. The van der Waals surface area contributed by atoms with E-state index in [0.717, 1.165) is 28.3 Å². The maximum Gasteiger partial charge on any atom is 0.226 e. The second-order valence-electron chi connectivity index (χ2n) is 6.11. The molecule has 1 aromatic heterocycles. The Kier molecular flexibility index (Phi) is 4.08. The maximum absolute atomic E-state index is 12.4. The van der Waals surface area contributed by atoms with E-state index in [4.69, 9.17) is 9.47 Å². The van der Waals surface area contributed by atoms with Crippen molar-refractivity contribution in [2.45, 2.75) is 12.3 Å². The van der Waals surface area contributed by atoms with Gasteiger partial charge in [0.05, 0.1) is 26.1 Å². The van der Waals surface area contributed by atoms with E-state index in [0.29, 0.717) is 12.2 Å². The number of fused-ring (bicyclic) bond motifs is 1. The standard InChI is InChI=1S/C20H19N3O3/c1-25-14-8-9-18(26-2)16(10-14)15-11-19(24)22-20-17(15)12-21-23(20)13-6-4-3-5-7-13/h3-10,12,15H,11H2,1-2H3,(H,22,24)/t15-/m1/s1. The van der Waals surface area contributed by atoms with E-state index in [1.807, 2.05) is 54.7 Å². The number of para-hydroxylation sites is 1. The van der Waals surface area contributed by atoms with Crippen molar-refractivity contribution in [1.29, 1.82) is 0 Å². The topological polar surface area (TPSA) is 65.4 Å². The molecule has 132 valence electrons. The summed E-state index contributed by atoms with van der Waals surface area (Å²) in [5, 5.41) is 7.47. The van der Waals surface area contributed by atoms with Gasteiger partial charge in [0, 0.05) is 23.5 Å². The fourth-order valence-corrected chi connectivity index (χ4v) is 3.37. The number of hydrogen-bond acceptors (Lipinski definition) is 4. The van der Waals surface area contributed by atoms with Gasteiger partial charge in [0.2, 0.25) is 5.91 Å². The minimum Gasteiger partial charge on any atom is -0.497 e. The minimum absolute atomic E-state index is 0.0509. The number of carbonyl (C=O) groups excluding carboxylic acids is 1. The molecule has 6 heteroatoms. The average molecular weight is 349 g/mol. The van der Waals surface area contributed by atoms with E-state index in [1.54, 1.807) is 18.9 Å². The van der Waals surface area contributed by atoms with Gasteiger partial charge in [0.25, 0.3) is 0 Å². The number of amides is 1. The molecule has 4 rings (SSSR count). The Labute approximate surface area is 151 Å². The number of benzene rings is 2. The van der Waals surface area contributed by atoms with Gasteiger partial charge in [-0.3, -0.25) is 4.79 Å². The second kappa shape index (κ2) is 6.55. The van der Waals surface area contributed by atoms with Crippen LogP contribution in [0.3, 0.4) is 0 Å². The molecule has 1 atom stereocenters. The maximum atomic E-state index is 12.4. The number of rotatable bonds is 4. The van der Waals surface area contributed by atoms with Crippen molar-refractivity contribution in [3.63, 3.8) is 0 Å². The molecule has 0 radical (unpaired) electrons. The van der Waals surface area contributed by atoms with Crippen LogP contribution in [0.2, 0.25) is 0 Å². The lowest BCUT2D eigenvalue weighted by atomic mass is 9.86. The lowest BCUT2D eigenvalue weighted by Crippen LogP contribution is -2.24. The van der Waals surface area contributed by atoms with Crippen molar-refractivity contribution < 1.29 is 14.3 Å². The number of methoxy groups -OCH3 is 2. The Bertz CT molecular complexity index is 950. The summed E-state index contributed by atoms with van der Waals surface area (Å²) in [4.78, 5) is 12.4. The van der Waals surface area contributed by atoms with E-state index in [1.165, 1.54) is 0 Å². The van der Waals surface area contributed by atoms with Gasteiger partial charge in [0.15, 0.2) is 0 Å². The Hall–Kier alpha value is -3.28. The highest BCUT2D eigenvalue weighted by atomic mass is 16.5. The Morgan fingerprint density at radius 3 is 2.62 bits per heavy atom. The third kappa shape index (κ3) is 2.69. The van der Waals surface area contributed by atoms with Crippen molar-refractivity contribution in [1.82, 2.24) is 9.78 Å². The highest BCUT2D eigenvalue weighted by molar-refractivity contribution is 5.94. The molecular formula is C20H19N3O3. The molecule has 0 spiro atoms. The SMILES string of the molecule is COc1ccc(OC)c([C@H]2CC(=O)Nc3c2cnn3-c2ccccc2)c1. The Balaban J connectivity index is 1.85. The van der Waals surface area contributed by atoms with Crippen molar-refractivity contribution in [3.05, 3.63) is 65.9 Å². The smallest absolute Gasteiger partial charge is 0.226 e. The summed E-state index contributed by atoms with van der Waals surface area (Å²) in [7, 11) is 3.25. The molecule has 1 N–H and O–H groups in total.